The molecule has 3 aliphatic rings. The number of benzene rings is 1. The molecule has 3 heterocycles. The molecule has 35 heavy (non-hydrogen) atoms. The number of nitrogens with two attached hydrogens (primary N) is 1. The Morgan fingerprint density at radius 2 is 1.83 bits per heavy atom. The molecule has 0 bridgehead atoms. The molecule has 2 fully saturated rings. The third-order valence-corrected chi connectivity index (χ3v) is 7.08. The van der Waals surface area contributed by atoms with Crippen molar-refractivity contribution < 1.29 is 17.6 Å². The van der Waals surface area contributed by atoms with Crippen molar-refractivity contribution in [1.82, 2.24) is 30.7 Å². The van der Waals surface area contributed by atoms with E-state index in [1.807, 2.05) is 4.90 Å². The first-order valence-corrected chi connectivity index (χ1v) is 11.7. The van der Waals surface area contributed by atoms with E-state index in [0.717, 1.165) is 38.1 Å². The van der Waals surface area contributed by atoms with E-state index in [0.29, 0.717) is 24.2 Å². The van der Waals surface area contributed by atoms with Gasteiger partial charge in [0.05, 0.1) is 11.9 Å². The van der Waals surface area contributed by atoms with Crippen LogP contribution in [0.5, 0.6) is 0 Å². The number of H-pyrrole nitrogens is 1. The second kappa shape index (κ2) is 8.90. The van der Waals surface area contributed by atoms with Gasteiger partial charge >= 0.3 is 6.18 Å². The number of nitrogens with one attached hydrogen (secondary N) is 3. The topological polar surface area (TPSA) is 107 Å². The molecular weight excluding hydrogens is 464 g/mol. The summed E-state index contributed by atoms with van der Waals surface area (Å²) >= 11 is 0. The van der Waals surface area contributed by atoms with Crippen molar-refractivity contribution in [1.29, 1.82) is 0 Å². The van der Waals surface area contributed by atoms with Gasteiger partial charge in [0.15, 0.2) is 11.5 Å². The molecule has 0 spiro atoms. The van der Waals surface area contributed by atoms with Gasteiger partial charge in [0.2, 0.25) is 0 Å². The highest BCUT2D eigenvalue weighted by atomic mass is 19.4. The molecule has 5 rings (SSSR count). The number of aliphatic imine (C=N–C) groups is 1. The average Bonchev–Trinajstić information content (AvgIpc) is 3.51. The number of aromatic nitrogens is 3. The van der Waals surface area contributed by atoms with E-state index in [9.17, 15) is 13.2 Å². The summed E-state index contributed by atoms with van der Waals surface area (Å²) in [5, 5.41) is 13.2. The number of rotatable bonds is 7. The molecule has 5 N–H and O–H groups in total. The lowest BCUT2D eigenvalue weighted by Crippen LogP contribution is -2.53. The highest BCUT2D eigenvalue weighted by molar-refractivity contribution is 5.61. The lowest BCUT2D eigenvalue weighted by Gasteiger charge is -2.42. The largest absolute Gasteiger partial charge is 0.416 e. The zero-order valence-corrected chi connectivity index (χ0v) is 19.1. The third-order valence-electron chi connectivity index (χ3n) is 7.08. The Kier molecular flexibility index (Phi) is 6.04. The number of halogens is 4. The Balaban J connectivity index is 1.43. The van der Waals surface area contributed by atoms with Crippen LogP contribution >= 0.6 is 0 Å². The van der Waals surface area contributed by atoms with E-state index in [-0.39, 0.29) is 24.8 Å². The zero-order chi connectivity index (χ0) is 24.7. The van der Waals surface area contributed by atoms with Gasteiger partial charge in [-0.1, -0.05) is 12.1 Å². The van der Waals surface area contributed by atoms with Gasteiger partial charge in [0.1, 0.15) is 18.0 Å². The standard InChI is InChI=1S/C23H28F4N8/c24-18-19(35(17-5-6-17)11-15-1-3-16(4-2-15)23(25,26)27)30-13-32-22(18,28)12-21(7-9-29-10-8-21)20-31-14-33-34-20/h1-4,13-14,17,29H,5-12,28H2,(H,30,32)(H,31,33,34). The first-order chi connectivity index (χ1) is 16.7. The van der Waals surface area contributed by atoms with Crippen LogP contribution in [0.15, 0.2) is 47.2 Å². The van der Waals surface area contributed by atoms with Crippen molar-refractivity contribution in [2.24, 2.45) is 10.7 Å². The number of nitrogens with zero attached hydrogens (tertiary/aromatic N) is 4. The van der Waals surface area contributed by atoms with E-state index in [4.69, 9.17) is 5.73 Å². The smallest absolute Gasteiger partial charge is 0.349 e. The van der Waals surface area contributed by atoms with Crippen molar-refractivity contribution >= 4 is 6.34 Å². The lowest BCUT2D eigenvalue weighted by molar-refractivity contribution is -0.137. The Labute approximate surface area is 200 Å². The van der Waals surface area contributed by atoms with E-state index in [2.05, 4.69) is 30.8 Å². The molecule has 1 saturated carbocycles. The minimum absolute atomic E-state index is 0.0726. The monoisotopic (exact) mass is 492 g/mol. The van der Waals surface area contributed by atoms with Gasteiger partial charge in [0, 0.05) is 24.4 Å². The maximum atomic E-state index is 16.2. The minimum atomic E-state index is -4.40. The predicted molar refractivity (Wildman–Crippen MR) is 121 cm³/mol. The third kappa shape index (κ3) is 4.76. The first-order valence-electron chi connectivity index (χ1n) is 11.7. The highest BCUT2D eigenvalue weighted by Gasteiger charge is 2.48. The molecule has 8 nitrogen and oxygen atoms in total. The highest BCUT2D eigenvalue weighted by Crippen LogP contribution is 2.43. The molecule has 0 radical (unpaired) electrons. The summed E-state index contributed by atoms with van der Waals surface area (Å²) in [5.74, 6) is 0.290. The molecule has 2 aliphatic heterocycles. The second-order valence-corrected chi connectivity index (χ2v) is 9.58. The van der Waals surface area contributed by atoms with Crippen LogP contribution in [0.2, 0.25) is 0 Å². The molecular formula is C23H28F4N8. The van der Waals surface area contributed by atoms with Gasteiger partial charge in [-0.15, -0.1) is 0 Å². The van der Waals surface area contributed by atoms with Crippen molar-refractivity contribution in [3.05, 3.63) is 59.2 Å². The molecule has 1 aromatic heterocycles. The van der Waals surface area contributed by atoms with E-state index in [1.165, 1.54) is 24.8 Å². The molecule has 0 amide bonds. The first kappa shape index (κ1) is 23.7. The van der Waals surface area contributed by atoms with Crippen LogP contribution in [-0.2, 0) is 18.1 Å². The van der Waals surface area contributed by atoms with Crippen LogP contribution in [0.25, 0.3) is 0 Å². The fourth-order valence-corrected chi connectivity index (χ4v) is 5.02. The van der Waals surface area contributed by atoms with E-state index in [1.54, 1.807) is 0 Å². The summed E-state index contributed by atoms with van der Waals surface area (Å²) in [4.78, 5) is 10.5. The lowest BCUT2D eigenvalue weighted by atomic mass is 9.71. The molecule has 1 atom stereocenters. The second-order valence-electron chi connectivity index (χ2n) is 9.58. The molecule has 2 aromatic rings. The molecule has 1 saturated heterocycles. The summed E-state index contributed by atoms with van der Waals surface area (Å²) < 4.78 is 55.0. The molecule has 188 valence electrons. The summed E-state index contributed by atoms with van der Waals surface area (Å²) in [5.41, 5.74) is 4.43. The van der Waals surface area contributed by atoms with Crippen molar-refractivity contribution in [2.75, 3.05) is 13.1 Å². The van der Waals surface area contributed by atoms with Crippen LogP contribution in [0, 0.1) is 0 Å². The van der Waals surface area contributed by atoms with Crippen LogP contribution in [0.4, 0.5) is 17.6 Å². The number of aromatic amines is 1. The molecule has 1 unspecified atom stereocenters. The van der Waals surface area contributed by atoms with E-state index >= 15 is 4.39 Å². The van der Waals surface area contributed by atoms with Gasteiger partial charge in [-0.3, -0.25) is 5.10 Å². The number of alkyl halides is 3. The Morgan fingerprint density at radius 1 is 1.11 bits per heavy atom. The van der Waals surface area contributed by atoms with E-state index < -0.39 is 28.6 Å². The van der Waals surface area contributed by atoms with Gasteiger partial charge in [-0.2, -0.15) is 18.3 Å². The predicted octanol–water partition coefficient (Wildman–Crippen LogP) is 2.92. The van der Waals surface area contributed by atoms with Gasteiger partial charge in [-0.05, 0) is 56.5 Å². The van der Waals surface area contributed by atoms with Crippen molar-refractivity contribution in [3.8, 4) is 0 Å². The molecule has 12 heteroatoms. The minimum Gasteiger partial charge on any atom is -0.349 e. The average molecular weight is 493 g/mol. The fourth-order valence-electron chi connectivity index (χ4n) is 5.02. The number of hydrogen-bond donors (Lipinski definition) is 4. The van der Waals surface area contributed by atoms with Crippen LogP contribution < -0.4 is 16.4 Å². The van der Waals surface area contributed by atoms with Gasteiger partial charge in [0.25, 0.3) is 0 Å². The summed E-state index contributed by atoms with van der Waals surface area (Å²) in [6.45, 7) is 1.72. The summed E-state index contributed by atoms with van der Waals surface area (Å²) in [6, 6.07) is 5.02. The van der Waals surface area contributed by atoms with Crippen molar-refractivity contribution in [3.63, 3.8) is 0 Å². The fraction of sp³-hybridized carbons (Fsp3) is 0.522. The van der Waals surface area contributed by atoms with Crippen LogP contribution in [0.1, 0.15) is 49.1 Å². The van der Waals surface area contributed by atoms with Gasteiger partial charge in [-0.25, -0.2) is 14.4 Å². The normalized spacial score (nSPS) is 24.4. The van der Waals surface area contributed by atoms with Gasteiger partial charge < -0.3 is 21.3 Å². The quantitative estimate of drug-likeness (QED) is 0.443. The Hall–Kier alpha value is -2.99. The summed E-state index contributed by atoms with van der Waals surface area (Å²) in [7, 11) is 0. The maximum absolute atomic E-state index is 16.2. The SMILES string of the molecule is NC1(CC2(c3ncn[nH]3)CCNCC2)N=CNC(N(Cc2ccc(C(F)(F)F)cc2)C2CC2)=C1F. The zero-order valence-electron chi connectivity index (χ0n) is 19.1. The Morgan fingerprint density at radius 3 is 2.43 bits per heavy atom. The number of piperidine rings is 1. The molecule has 1 aromatic carbocycles. The molecule has 1 aliphatic carbocycles. The Bertz CT molecular complexity index is 1090. The maximum Gasteiger partial charge on any atom is 0.416 e. The van der Waals surface area contributed by atoms with Crippen LogP contribution in [-0.4, -0.2) is 51.2 Å². The summed E-state index contributed by atoms with van der Waals surface area (Å²) in [6.07, 6.45) is 1.76. The number of hydrogen-bond acceptors (Lipinski definition) is 7. The van der Waals surface area contributed by atoms with Crippen LogP contribution in [0.3, 0.4) is 0 Å². The van der Waals surface area contributed by atoms with Crippen molar-refractivity contribution in [2.45, 2.75) is 61.9 Å².